The van der Waals surface area contributed by atoms with Crippen molar-refractivity contribution in [3.63, 3.8) is 0 Å². The van der Waals surface area contributed by atoms with Crippen LogP contribution in [-0.2, 0) is 28.6 Å². The van der Waals surface area contributed by atoms with Gasteiger partial charge in [0.05, 0.1) is 12.0 Å². The Morgan fingerprint density at radius 2 is 1.85 bits per heavy atom. The third-order valence-corrected chi connectivity index (χ3v) is 3.21. The number of rotatable bonds is 3. The van der Waals surface area contributed by atoms with Crippen LogP contribution < -0.4 is 0 Å². The summed E-state index contributed by atoms with van der Waals surface area (Å²) in [5.74, 6) is -4.49. The fourth-order valence-corrected chi connectivity index (χ4v) is 2.02. The van der Waals surface area contributed by atoms with Crippen LogP contribution in [-0.4, -0.2) is 30.3 Å². The summed E-state index contributed by atoms with van der Waals surface area (Å²) in [6.45, 7) is 9.61. The van der Waals surface area contributed by atoms with E-state index in [-0.39, 0.29) is 12.2 Å². The SMILES string of the molecule is C=C(C)C(=O)OC1(OC(C)=O)C(=O)OCCCC1(C)C. The van der Waals surface area contributed by atoms with Crippen molar-refractivity contribution in [3.8, 4) is 0 Å². The predicted molar refractivity (Wildman–Crippen MR) is 69.4 cm³/mol. The monoisotopic (exact) mass is 284 g/mol. The molecule has 112 valence electrons. The minimum absolute atomic E-state index is 0.101. The van der Waals surface area contributed by atoms with E-state index in [1.807, 2.05) is 0 Å². The molecule has 1 aliphatic rings. The van der Waals surface area contributed by atoms with Crippen molar-refractivity contribution in [1.82, 2.24) is 0 Å². The van der Waals surface area contributed by atoms with Crippen LogP contribution in [0, 0.1) is 5.41 Å². The van der Waals surface area contributed by atoms with Gasteiger partial charge < -0.3 is 14.2 Å². The highest BCUT2D eigenvalue weighted by Gasteiger charge is 2.60. The first-order chi connectivity index (χ1) is 9.12. The number of carbonyl (C=O) groups is 3. The summed E-state index contributed by atoms with van der Waals surface area (Å²) >= 11 is 0. The summed E-state index contributed by atoms with van der Waals surface area (Å²) in [5, 5.41) is 0. The maximum absolute atomic E-state index is 12.2. The molecule has 1 saturated heterocycles. The second kappa shape index (κ2) is 5.64. The van der Waals surface area contributed by atoms with E-state index in [0.717, 1.165) is 6.92 Å². The van der Waals surface area contributed by atoms with Gasteiger partial charge >= 0.3 is 23.7 Å². The van der Waals surface area contributed by atoms with E-state index in [1.54, 1.807) is 13.8 Å². The molecule has 6 heteroatoms. The second-order valence-corrected chi connectivity index (χ2v) is 5.50. The quantitative estimate of drug-likeness (QED) is 0.446. The Hall–Kier alpha value is -1.85. The smallest absolute Gasteiger partial charge is 0.393 e. The maximum atomic E-state index is 12.2. The van der Waals surface area contributed by atoms with E-state index in [0.29, 0.717) is 12.8 Å². The van der Waals surface area contributed by atoms with Gasteiger partial charge in [0.25, 0.3) is 0 Å². The first-order valence-corrected chi connectivity index (χ1v) is 6.38. The summed E-state index contributed by atoms with van der Waals surface area (Å²) < 4.78 is 15.3. The standard InChI is InChI=1S/C14H20O6/c1-9(2)11(16)20-14(19-10(3)15)12(17)18-8-6-7-13(14,4)5/h1,6-8H2,2-5H3. The Labute approximate surface area is 118 Å². The normalized spacial score (nSPS) is 25.1. The topological polar surface area (TPSA) is 78.9 Å². The van der Waals surface area contributed by atoms with Crippen LogP contribution in [0.3, 0.4) is 0 Å². The fourth-order valence-electron chi connectivity index (χ4n) is 2.02. The zero-order valence-corrected chi connectivity index (χ0v) is 12.3. The molecule has 0 aliphatic carbocycles. The van der Waals surface area contributed by atoms with Crippen LogP contribution in [0.2, 0.25) is 0 Å². The summed E-state index contributed by atoms with van der Waals surface area (Å²) in [4.78, 5) is 35.4. The van der Waals surface area contributed by atoms with E-state index >= 15 is 0 Å². The lowest BCUT2D eigenvalue weighted by Crippen LogP contribution is -2.57. The van der Waals surface area contributed by atoms with Crippen molar-refractivity contribution in [2.75, 3.05) is 6.61 Å². The van der Waals surface area contributed by atoms with Crippen molar-refractivity contribution in [1.29, 1.82) is 0 Å². The predicted octanol–water partition coefficient (Wildman–Crippen LogP) is 1.73. The molecule has 1 atom stereocenters. The van der Waals surface area contributed by atoms with Crippen LogP contribution in [0.25, 0.3) is 0 Å². The zero-order valence-electron chi connectivity index (χ0n) is 12.3. The molecule has 0 radical (unpaired) electrons. The van der Waals surface area contributed by atoms with E-state index in [1.165, 1.54) is 6.92 Å². The second-order valence-electron chi connectivity index (χ2n) is 5.50. The summed E-state index contributed by atoms with van der Waals surface area (Å²) in [6, 6.07) is 0. The lowest BCUT2D eigenvalue weighted by Gasteiger charge is -2.40. The summed E-state index contributed by atoms with van der Waals surface area (Å²) in [6.07, 6.45) is 1.09. The lowest BCUT2D eigenvalue weighted by molar-refractivity contribution is -0.264. The molecule has 1 fully saturated rings. The third kappa shape index (κ3) is 3.00. The number of hydrogen-bond donors (Lipinski definition) is 0. The zero-order chi connectivity index (χ0) is 15.6. The molecule has 20 heavy (non-hydrogen) atoms. The van der Waals surface area contributed by atoms with Gasteiger partial charge in [0.1, 0.15) is 0 Å². The van der Waals surface area contributed by atoms with Crippen molar-refractivity contribution in [2.24, 2.45) is 5.41 Å². The van der Waals surface area contributed by atoms with E-state index in [2.05, 4.69) is 6.58 Å². The van der Waals surface area contributed by atoms with Crippen molar-refractivity contribution < 1.29 is 28.6 Å². The first kappa shape index (κ1) is 16.2. The lowest BCUT2D eigenvalue weighted by atomic mass is 9.79. The average molecular weight is 284 g/mol. The minimum atomic E-state index is -2.08. The molecule has 0 aromatic heterocycles. The Kier molecular flexibility index (Phi) is 4.57. The van der Waals surface area contributed by atoms with Crippen LogP contribution in [0.1, 0.15) is 40.5 Å². The molecular weight excluding hydrogens is 264 g/mol. The molecule has 0 spiro atoms. The molecule has 1 heterocycles. The number of ether oxygens (including phenoxy) is 3. The van der Waals surface area contributed by atoms with Gasteiger partial charge in [0, 0.05) is 12.5 Å². The molecule has 1 aliphatic heterocycles. The summed E-state index contributed by atoms with van der Waals surface area (Å²) in [7, 11) is 0. The van der Waals surface area contributed by atoms with Gasteiger partial charge in [-0.2, -0.15) is 0 Å². The van der Waals surface area contributed by atoms with Gasteiger partial charge in [0.2, 0.25) is 0 Å². The average Bonchev–Trinajstić information content (AvgIpc) is 2.40. The highest BCUT2D eigenvalue weighted by Crippen LogP contribution is 2.43. The molecule has 0 bridgehead atoms. The van der Waals surface area contributed by atoms with Crippen LogP contribution in [0.4, 0.5) is 0 Å². The molecule has 0 N–H and O–H groups in total. The molecule has 1 rings (SSSR count). The van der Waals surface area contributed by atoms with Gasteiger partial charge in [-0.1, -0.05) is 20.4 Å². The van der Waals surface area contributed by atoms with Crippen LogP contribution in [0.15, 0.2) is 12.2 Å². The van der Waals surface area contributed by atoms with Crippen molar-refractivity contribution in [3.05, 3.63) is 12.2 Å². The number of hydrogen-bond acceptors (Lipinski definition) is 6. The number of esters is 3. The third-order valence-electron chi connectivity index (χ3n) is 3.21. The molecule has 0 aromatic carbocycles. The molecular formula is C14H20O6. The Morgan fingerprint density at radius 1 is 1.25 bits per heavy atom. The molecule has 0 aromatic rings. The highest BCUT2D eigenvalue weighted by atomic mass is 16.8. The highest BCUT2D eigenvalue weighted by molar-refractivity contribution is 5.91. The van der Waals surface area contributed by atoms with Crippen molar-refractivity contribution >= 4 is 17.9 Å². The van der Waals surface area contributed by atoms with Crippen molar-refractivity contribution in [2.45, 2.75) is 46.3 Å². The summed E-state index contributed by atoms with van der Waals surface area (Å²) in [5.41, 5.74) is -0.804. The van der Waals surface area contributed by atoms with E-state index in [4.69, 9.17) is 14.2 Å². The van der Waals surface area contributed by atoms with E-state index in [9.17, 15) is 14.4 Å². The Morgan fingerprint density at radius 3 is 2.35 bits per heavy atom. The van der Waals surface area contributed by atoms with Crippen LogP contribution >= 0.6 is 0 Å². The molecule has 0 saturated carbocycles. The number of carbonyl (C=O) groups excluding carboxylic acids is 3. The van der Waals surface area contributed by atoms with Gasteiger partial charge in [-0.3, -0.25) is 4.79 Å². The largest absolute Gasteiger partial charge is 0.460 e. The molecule has 0 amide bonds. The molecule has 6 nitrogen and oxygen atoms in total. The Balaban J connectivity index is 3.30. The van der Waals surface area contributed by atoms with Crippen LogP contribution in [0.5, 0.6) is 0 Å². The van der Waals surface area contributed by atoms with Gasteiger partial charge in [-0.25, -0.2) is 9.59 Å². The van der Waals surface area contributed by atoms with Gasteiger partial charge in [-0.15, -0.1) is 0 Å². The minimum Gasteiger partial charge on any atom is -0.460 e. The number of cyclic esters (lactones) is 1. The van der Waals surface area contributed by atoms with Gasteiger partial charge in [0.15, 0.2) is 0 Å². The Bertz CT molecular complexity index is 451. The van der Waals surface area contributed by atoms with Gasteiger partial charge in [-0.05, 0) is 19.8 Å². The first-order valence-electron chi connectivity index (χ1n) is 6.38. The fraction of sp³-hybridized carbons (Fsp3) is 0.643. The van der Waals surface area contributed by atoms with E-state index < -0.39 is 29.1 Å². The maximum Gasteiger partial charge on any atom is 0.393 e. The molecule has 1 unspecified atom stereocenters.